The minimum Gasteiger partial charge on any atom is -0.480 e. The number of carbonyl (C=O) groups is 2. The van der Waals surface area contributed by atoms with E-state index in [-0.39, 0.29) is 16.7 Å². The van der Waals surface area contributed by atoms with E-state index in [1.54, 1.807) is 4.90 Å². The number of amides is 1. The zero-order valence-corrected chi connectivity index (χ0v) is 12.9. The monoisotopic (exact) mass is 281 g/mol. The summed E-state index contributed by atoms with van der Waals surface area (Å²) in [6.45, 7) is 6.55. The van der Waals surface area contributed by atoms with Gasteiger partial charge in [0.25, 0.3) is 0 Å². The maximum atomic E-state index is 12.9. The van der Waals surface area contributed by atoms with Gasteiger partial charge in [-0.05, 0) is 31.1 Å². The molecule has 0 spiro atoms. The van der Waals surface area contributed by atoms with Crippen molar-refractivity contribution in [3.63, 3.8) is 0 Å². The molecule has 0 aromatic heterocycles. The van der Waals surface area contributed by atoms with E-state index in [0.29, 0.717) is 6.54 Å². The standard InChI is InChI=1S/C16H27NO3/c1-15(2)8-7-11-17(12(15)13(18)19)14(20)16(3)9-5-4-6-10-16/h12H,4-11H2,1-3H3,(H,18,19). The van der Waals surface area contributed by atoms with E-state index in [1.807, 2.05) is 20.8 Å². The van der Waals surface area contributed by atoms with Gasteiger partial charge in [-0.1, -0.05) is 40.0 Å². The van der Waals surface area contributed by atoms with Gasteiger partial charge in [0, 0.05) is 12.0 Å². The second-order valence-corrected chi connectivity index (χ2v) is 7.45. The molecule has 4 nitrogen and oxygen atoms in total. The maximum Gasteiger partial charge on any atom is 0.326 e. The zero-order valence-electron chi connectivity index (χ0n) is 12.9. The summed E-state index contributed by atoms with van der Waals surface area (Å²) in [4.78, 5) is 26.3. The second-order valence-electron chi connectivity index (χ2n) is 7.45. The van der Waals surface area contributed by atoms with E-state index in [0.717, 1.165) is 38.5 Å². The van der Waals surface area contributed by atoms with E-state index in [2.05, 4.69) is 0 Å². The summed E-state index contributed by atoms with van der Waals surface area (Å²) in [6, 6.07) is -0.678. The van der Waals surface area contributed by atoms with Crippen LogP contribution in [0, 0.1) is 10.8 Å². The molecule has 1 atom stereocenters. The third-order valence-corrected chi connectivity index (χ3v) is 5.24. The number of aliphatic carboxylic acids is 1. The van der Waals surface area contributed by atoms with Crippen molar-refractivity contribution in [3.8, 4) is 0 Å². The Morgan fingerprint density at radius 1 is 1.00 bits per heavy atom. The lowest BCUT2D eigenvalue weighted by molar-refractivity contribution is -0.164. The number of rotatable bonds is 2. The highest BCUT2D eigenvalue weighted by Gasteiger charge is 2.48. The average molecular weight is 281 g/mol. The number of hydrogen-bond donors (Lipinski definition) is 1. The quantitative estimate of drug-likeness (QED) is 0.846. The highest BCUT2D eigenvalue weighted by atomic mass is 16.4. The molecule has 1 heterocycles. The van der Waals surface area contributed by atoms with Crippen molar-refractivity contribution >= 4 is 11.9 Å². The van der Waals surface area contributed by atoms with Gasteiger partial charge in [-0.15, -0.1) is 0 Å². The Kier molecular flexibility index (Phi) is 4.12. The van der Waals surface area contributed by atoms with Gasteiger partial charge >= 0.3 is 5.97 Å². The van der Waals surface area contributed by atoms with Gasteiger partial charge in [0.1, 0.15) is 6.04 Å². The minimum absolute atomic E-state index is 0.0670. The number of carbonyl (C=O) groups excluding carboxylic acids is 1. The van der Waals surface area contributed by atoms with E-state index in [1.165, 1.54) is 6.42 Å². The van der Waals surface area contributed by atoms with Gasteiger partial charge in [-0.3, -0.25) is 4.79 Å². The Hall–Kier alpha value is -1.06. The normalized spacial score (nSPS) is 28.9. The Balaban J connectivity index is 2.24. The molecule has 2 rings (SSSR count). The number of likely N-dealkylation sites (tertiary alicyclic amines) is 1. The lowest BCUT2D eigenvalue weighted by Gasteiger charge is -2.47. The smallest absolute Gasteiger partial charge is 0.326 e. The molecule has 1 unspecified atom stereocenters. The van der Waals surface area contributed by atoms with E-state index >= 15 is 0 Å². The first kappa shape index (κ1) is 15.3. The van der Waals surface area contributed by atoms with Crippen LogP contribution in [0.1, 0.15) is 65.7 Å². The van der Waals surface area contributed by atoms with Crippen LogP contribution in [0.2, 0.25) is 0 Å². The molecular weight excluding hydrogens is 254 g/mol. The molecule has 4 heteroatoms. The number of hydrogen-bond acceptors (Lipinski definition) is 2. The summed E-state index contributed by atoms with van der Waals surface area (Å²) in [5.41, 5.74) is -0.690. The summed E-state index contributed by atoms with van der Waals surface area (Å²) < 4.78 is 0. The largest absolute Gasteiger partial charge is 0.480 e. The zero-order chi connectivity index (χ0) is 15.0. The predicted molar refractivity (Wildman–Crippen MR) is 77.3 cm³/mol. The van der Waals surface area contributed by atoms with Gasteiger partial charge in [-0.2, -0.15) is 0 Å². The first-order valence-electron chi connectivity index (χ1n) is 7.82. The Labute approximate surface area is 121 Å². The van der Waals surface area contributed by atoms with Crippen LogP contribution in [0.4, 0.5) is 0 Å². The summed E-state index contributed by atoms with van der Waals surface area (Å²) in [6.07, 6.45) is 6.92. The second kappa shape index (κ2) is 5.38. The van der Waals surface area contributed by atoms with Crippen molar-refractivity contribution in [1.82, 2.24) is 4.90 Å². The van der Waals surface area contributed by atoms with Crippen LogP contribution in [0.5, 0.6) is 0 Å². The molecular formula is C16H27NO3. The lowest BCUT2D eigenvalue weighted by Crippen LogP contribution is -2.59. The first-order valence-corrected chi connectivity index (χ1v) is 7.82. The lowest BCUT2D eigenvalue weighted by atomic mass is 9.71. The molecule has 1 saturated carbocycles. The molecule has 1 N–H and O–H groups in total. The maximum absolute atomic E-state index is 12.9. The summed E-state index contributed by atoms with van der Waals surface area (Å²) in [5.74, 6) is -0.792. The molecule has 2 aliphatic rings. The fraction of sp³-hybridized carbons (Fsp3) is 0.875. The summed E-state index contributed by atoms with van der Waals surface area (Å²) in [7, 11) is 0. The number of carboxylic acids is 1. The average Bonchev–Trinajstić information content (AvgIpc) is 2.36. The van der Waals surface area contributed by atoms with Crippen LogP contribution in [0.15, 0.2) is 0 Å². The summed E-state index contributed by atoms with van der Waals surface area (Å²) >= 11 is 0. The SMILES string of the molecule is CC1(C(=O)N2CCCC(C)(C)C2C(=O)O)CCCCC1. The fourth-order valence-electron chi connectivity index (χ4n) is 3.97. The van der Waals surface area contributed by atoms with E-state index < -0.39 is 12.0 Å². The van der Waals surface area contributed by atoms with Crippen molar-refractivity contribution in [3.05, 3.63) is 0 Å². The third kappa shape index (κ3) is 2.70. The number of carboxylic acid groups (broad SMARTS) is 1. The molecule has 0 bridgehead atoms. The molecule has 0 aromatic carbocycles. The molecule has 114 valence electrons. The molecule has 20 heavy (non-hydrogen) atoms. The molecule has 0 radical (unpaired) electrons. The van der Waals surface area contributed by atoms with Gasteiger partial charge < -0.3 is 10.0 Å². The highest BCUT2D eigenvalue weighted by molar-refractivity contribution is 5.88. The van der Waals surface area contributed by atoms with Crippen molar-refractivity contribution in [2.75, 3.05) is 6.54 Å². The first-order chi connectivity index (χ1) is 9.28. The minimum atomic E-state index is -0.859. The fourth-order valence-corrected chi connectivity index (χ4v) is 3.97. The Bertz CT molecular complexity index is 397. The molecule has 1 aliphatic heterocycles. The van der Waals surface area contributed by atoms with Crippen LogP contribution in [-0.4, -0.2) is 34.5 Å². The van der Waals surface area contributed by atoms with Crippen molar-refractivity contribution in [2.45, 2.75) is 71.8 Å². The number of piperidine rings is 1. The van der Waals surface area contributed by atoms with Crippen LogP contribution in [-0.2, 0) is 9.59 Å². The topological polar surface area (TPSA) is 57.6 Å². The van der Waals surface area contributed by atoms with Crippen LogP contribution < -0.4 is 0 Å². The van der Waals surface area contributed by atoms with Gasteiger partial charge in [0.2, 0.25) is 5.91 Å². The van der Waals surface area contributed by atoms with Crippen LogP contribution in [0.25, 0.3) is 0 Å². The molecule has 1 amide bonds. The molecule has 2 fully saturated rings. The van der Waals surface area contributed by atoms with Gasteiger partial charge in [0.15, 0.2) is 0 Å². The van der Waals surface area contributed by atoms with E-state index in [4.69, 9.17) is 0 Å². The van der Waals surface area contributed by atoms with Gasteiger partial charge in [-0.25, -0.2) is 4.79 Å². The summed E-state index contributed by atoms with van der Waals surface area (Å²) in [5, 5.41) is 9.58. The van der Waals surface area contributed by atoms with Crippen LogP contribution >= 0.6 is 0 Å². The Morgan fingerprint density at radius 2 is 1.60 bits per heavy atom. The van der Waals surface area contributed by atoms with Crippen molar-refractivity contribution < 1.29 is 14.7 Å². The number of nitrogens with zero attached hydrogens (tertiary/aromatic N) is 1. The van der Waals surface area contributed by atoms with E-state index in [9.17, 15) is 14.7 Å². The Morgan fingerprint density at radius 3 is 2.15 bits per heavy atom. The van der Waals surface area contributed by atoms with Crippen molar-refractivity contribution in [1.29, 1.82) is 0 Å². The highest BCUT2D eigenvalue weighted by Crippen LogP contribution is 2.42. The van der Waals surface area contributed by atoms with Crippen LogP contribution in [0.3, 0.4) is 0 Å². The molecule has 0 aromatic rings. The molecule has 1 aliphatic carbocycles. The van der Waals surface area contributed by atoms with Gasteiger partial charge in [0.05, 0.1) is 0 Å². The predicted octanol–water partition coefficient (Wildman–Crippen LogP) is 3.06. The molecule has 1 saturated heterocycles. The van der Waals surface area contributed by atoms with Crippen molar-refractivity contribution in [2.24, 2.45) is 10.8 Å². The third-order valence-electron chi connectivity index (χ3n) is 5.24.